The highest BCUT2D eigenvalue weighted by atomic mass is 15.3. The van der Waals surface area contributed by atoms with Crippen LogP contribution in [-0.2, 0) is 13.1 Å². The monoisotopic (exact) mass is 258 g/mol. The standard InChI is InChI=1S/C15H22N4/c1-12(2)8-16-9-15-17-11-18-19(15)10-14-6-4-5-13(3)7-14/h4-7,11-12,16H,8-10H2,1-3H3. The summed E-state index contributed by atoms with van der Waals surface area (Å²) in [6.45, 7) is 9.05. The average Bonchev–Trinajstić information content (AvgIpc) is 2.76. The van der Waals surface area contributed by atoms with Crippen molar-refractivity contribution in [1.29, 1.82) is 0 Å². The van der Waals surface area contributed by atoms with Gasteiger partial charge in [-0.2, -0.15) is 5.10 Å². The van der Waals surface area contributed by atoms with Crippen molar-refractivity contribution in [1.82, 2.24) is 20.1 Å². The molecule has 4 heteroatoms. The summed E-state index contributed by atoms with van der Waals surface area (Å²) in [7, 11) is 0. The number of aromatic nitrogens is 3. The Morgan fingerprint density at radius 3 is 2.89 bits per heavy atom. The molecule has 0 spiro atoms. The van der Waals surface area contributed by atoms with E-state index in [1.165, 1.54) is 11.1 Å². The number of hydrogen-bond acceptors (Lipinski definition) is 3. The predicted octanol–water partition coefficient (Wildman–Crippen LogP) is 2.38. The second-order valence-corrected chi connectivity index (χ2v) is 5.35. The van der Waals surface area contributed by atoms with Gasteiger partial charge in [-0.15, -0.1) is 0 Å². The van der Waals surface area contributed by atoms with Crippen molar-refractivity contribution in [2.24, 2.45) is 5.92 Å². The van der Waals surface area contributed by atoms with E-state index in [0.29, 0.717) is 5.92 Å². The van der Waals surface area contributed by atoms with Crippen LogP contribution >= 0.6 is 0 Å². The van der Waals surface area contributed by atoms with Gasteiger partial charge in [0.2, 0.25) is 0 Å². The van der Waals surface area contributed by atoms with Gasteiger partial charge in [-0.1, -0.05) is 43.7 Å². The van der Waals surface area contributed by atoms with Crippen molar-refractivity contribution < 1.29 is 0 Å². The molecule has 1 heterocycles. The van der Waals surface area contributed by atoms with E-state index in [9.17, 15) is 0 Å². The Kier molecular flexibility index (Phi) is 4.68. The summed E-state index contributed by atoms with van der Waals surface area (Å²) in [6, 6.07) is 8.50. The fourth-order valence-corrected chi connectivity index (χ4v) is 2.01. The minimum Gasteiger partial charge on any atom is -0.310 e. The van der Waals surface area contributed by atoms with Crippen LogP contribution in [0.3, 0.4) is 0 Å². The average molecular weight is 258 g/mol. The third kappa shape index (κ3) is 4.17. The first-order valence-electron chi connectivity index (χ1n) is 6.78. The van der Waals surface area contributed by atoms with Crippen LogP contribution in [0.25, 0.3) is 0 Å². The van der Waals surface area contributed by atoms with Crippen LogP contribution in [0.4, 0.5) is 0 Å². The van der Waals surface area contributed by atoms with E-state index >= 15 is 0 Å². The third-order valence-corrected chi connectivity index (χ3v) is 2.95. The van der Waals surface area contributed by atoms with E-state index in [-0.39, 0.29) is 0 Å². The lowest BCUT2D eigenvalue weighted by Gasteiger charge is -2.09. The molecule has 0 bridgehead atoms. The molecular formula is C15H22N4. The Labute approximate surface area is 114 Å². The summed E-state index contributed by atoms with van der Waals surface area (Å²) in [4.78, 5) is 4.32. The van der Waals surface area contributed by atoms with Gasteiger partial charge in [0, 0.05) is 0 Å². The fraction of sp³-hybridized carbons (Fsp3) is 0.467. The number of hydrogen-bond donors (Lipinski definition) is 1. The SMILES string of the molecule is Cc1cccc(Cn2ncnc2CNCC(C)C)c1. The molecule has 0 atom stereocenters. The molecule has 1 aromatic heterocycles. The lowest BCUT2D eigenvalue weighted by molar-refractivity contribution is 0.523. The number of nitrogens with zero attached hydrogens (tertiary/aromatic N) is 3. The maximum Gasteiger partial charge on any atom is 0.141 e. The van der Waals surface area contributed by atoms with Crippen LogP contribution in [0.15, 0.2) is 30.6 Å². The Morgan fingerprint density at radius 2 is 2.16 bits per heavy atom. The zero-order valence-corrected chi connectivity index (χ0v) is 11.9. The van der Waals surface area contributed by atoms with Gasteiger partial charge in [0.15, 0.2) is 0 Å². The Morgan fingerprint density at radius 1 is 1.32 bits per heavy atom. The zero-order valence-electron chi connectivity index (χ0n) is 11.9. The normalized spacial score (nSPS) is 11.2. The number of benzene rings is 1. The maximum absolute atomic E-state index is 4.32. The van der Waals surface area contributed by atoms with E-state index < -0.39 is 0 Å². The Bertz CT molecular complexity index is 516. The van der Waals surface area contributed by atoms with Crippen molar-refractivity contribution in [3.63, 3.8) is 0 Å². The summed E-state index contributed by atoms with van der Waals surface area (Å²) in [5.74, 6) is 1.63. The van der Waals surface area contributed by atoms with Crippen LogP contribution in [0, 0.1) is 12.8 Å². The molecule has 0 saturated carbocycles. The molecule has 0 saturated heterocycles. The highest BCUT2D eigenvalue weighted by molar-refractivity contribution is 5.22. The summed E-state index contributed by atoms with van der Waals surface area (Å²) >= 11 is 0. The van der Waals surface area contributed by atoms with E-state index in [4.69, 9.17) is 0 Å². The van der Waals surface area contributed by atoms with Crippen molar-refractivity contribution in [3.8, 4) is 0 Å². The molecule has 0 aliphatic rings. The molecule has 0 aliphatic heterocycles. The second kappa shape index (κ2) is 6.48. The van der Waals surface area contributed by atoms with Crippen molar-refractivity contribution in [2.75, 3.05) is 6.54 Å². The lowest BCUT2D eigenvalue weighted by atomic mass is 10.1. The van der Waals surface area contributed by atoms with E-state index in [1.807, 2.05) is 4.68 Å². The summed E-state index contributed by atoms with van der Waals surface area (Å²) < 4.78 is 1.96. The molecule has 0 unspecified atom stereocenters. The lowest BCUT2D eigenvalue weighted by Crippen LogP contribution is -2.22. The van der Waals surface area contributed by atoms with E-state index in [0.717, 1.165) is 25.5 Å². The van der Waals surface area contributed by atoms with Gasteiger partial charge in [-0.25, -0.2) is 9.67 Å². The van der Waals surface area contributed by atoms with E-state index in [2.05, 4.69) is 60.4 Å². The predicted molar refractivity (Wildman–Crippen MR) is 76.8 cm³/mol. The van der Waals surface area contributed by atoms with Crippen LogP contribution in [0.1, 0.15) is 30.8 Å². The molecule has 1 N–H and O–H groups in total. The third-order valence-electron chi connectivity index (χ3n) is 2.95. The fourth-order valence-electron chi connectivity index (χ4n) is 2.01. The number of nitrogens with one attached hydrogen (secondary N) is 1. The zero-order chi connectivity index (χ0) is 13.7. The molecule has 2 aromatic rings. The van der Waals surface area contributed by atoms with E-state index in [1.54, 1.807) is 6.33 Å². The van der Waals surface area contributed by atoms with Gasteiger partial charge in [0.05, 0.1) is 13.1 Å². The van der Waals surface area contributed by atoms with Crippen LogP contribution < -0.4 is 5.32 Å². The molecule has 19 heavy (non-hydrogen) atoms. The van der Waals surface area contributed by atoms with Gasteiger partial charge >= 0.3 is 0 Å². The van der Waals surface area contributed by atoms with Crippen LogP contribution in [-0.4, -0.2) is 21.3 Å². The molecule has 0 fully saturated rings. The van der Waals surface area contributed by atoms with Crippen LogP contribution in [0.5, 0.6) is 0 Å². The topological polar surface area (TPSA) is 42.7 Å². The largest absolute Gasteiger partial charge is 0.310 e. The van der Waals surface area contributed by atoms with Gasteiger partial charge in [-0.05, 0) is 24.9 Å². The smallest absolute Gasteiger partial charge is 0.141 e. The summed E-state index contributed by atoms with van der Waals surface area (Å²) in [5.41, 5.74) is 2.53. The van der Waals surface area contributed by atoms with Crippen molar-refractivity contribution in [2.45, 2.75) is 33.9 Å². The van der Waals surface area contributed by atoms with Gasteiger partial charge in [0.25, 0.3) is 0 Å². The Hall–Kier alpha value is -1.68. The maximum atomic E-state index is 4.32. The molecule has 4 nitrogen and oxygen atoms in total. The minimum atomic E-state index is 0.646. The number of rotatable bonds is 6. The highest BCUT2D eigenvalue weighted by Gasteiger charge is 2.05. The van der Waals surface area contributed by atoms with Gasteiger partial charge in [0.1, 0.15) is 12.2 Å². The summed E-state index contributed by atoms with van der Waals surface area (Å²) in [6.07, 6.45) is 1.63. The quantitative estimate of drug-likeness (QED) is 0.865. The first kappa shape index (κ1) is 13.7. The Balaban J connectivity index is 1.99. The second-order valence-electron chi connectivity index (χ2n) is 5.35. The minimum absolute atomic E-state index is 0.646. The first-order chi connectivity index (χ1) is 9.15. The molecule has 2 rings (SSSR count). The van der Waals surface area contributed by atoms with Crippen molar-refractivity contribution >= 4 is 0 Å². The van der Waals surface area contributed by atoms with Gasteiger partial charge in [-0.3, -0.25) is 0 Å². The molecule has 0 aliphatic carbocycles. The molecule has 102 valence electrons. The molecule has 0 amide bonds. The summed E-state index contributed by atoms with van der Waals surface area (Å²) in [5, 5.41) is 7.71. The molecular weight excluding hydrogens is 236 g/mol. The van der Waals surface area contributed by atoms with Crippen molar-refractivity contribution in [3.05, 3.63) is 47.5 Å². The number of aryl methyl sites for hydroxylation is 1. The highest BCUT2D eigenvalue weighted by Crippen LogP contribution is 2.07. The first-order valence-corrected chi connectivity index (χ1v) is 6.78. The molecule has 0 radical (unpaired) electrons. The molecule has 1 aromatic carbocycles. The van der Waals surface area contributed by atoms with Gasteiger partial charge < -0.3 is 5.32 Å². The van der Waals surface area contributed by atoms with Crippen LogP contribution in [0.2, 0.25) is 0 Å².